The highest BCUT2D eigenvalue weighted by molar-refractivity contribution is 7.18. The number of piperidine rings is 1. The van der Waals surface area contributed by atoms with Crippen LogP contribution in [0.15, 0.2) is 18.2 Å². The van der Waals surface area contributed by atoms with Crippen LogP contribution in [0.4, 0.5) is 10.5 Å². The van der Waals surface area contributed by atoms with Crippen LogP contribution in [0.2, 0.25) is 0 Å². The van der Waals surface area contributed by atoms with Gasteiger partial charge < -0.3 is 15.5 Å². The lowest BCUT2D eigenvalue weighted by Gasteiger charge is -2.34. The molecule has 3 fully saturated rings. The minimum atomic E-state index is 0.0410. The fourth-order valence-corrected chi connectivity index (χ4v) is 5.56. The van der Waals surface area contributed by atoms with E-state index in [1.54, 1.807) is 11.3 Å². The number of benzene rings is 1. The highest BCUT2D eigenvalue weighted by Gasteiger charge is 2.30. The number of hydrogen-bond donors (Lipinski definition) is 2. The summed E-state index contributed by atoms with van der Waals surface area (Å²) in [5.74, 6) is 2.28. The average Bonchev–Trinajstić information content (AvgIpc) is 3.20. The maximum absolute atomic E-state index is 12.6. The third-order valence-corrected chi connectivity index (χ3v) is 7.36. The number of amides is 2. The van der Waals surface area contributed by atoms with Gasteiger partial charge in [-0.3, -0.25) is 0 Å². The molecule has 1 aromatic heterocycles. The summed E-state index contributed by atoms with van der Waals surface area (Å²) < 4.78 is 1.18. The van der Waals surface area contributed by atoms with Crippen LogP contribution in [0.1, 0.15) is 43.0 Å². The summed E-state index contributed by atoms with van der Waals surface area (Å²) >= 11 is 1.78. The standard InChI is InChI=1S/C20H26N4OS/c25-20(24-9-6-13(7-10-24)15-5-8-21-12-15)22-16-3-4-17-18(11-16)26-19(23-17)14-1-2-14/h3-4,11,13-15,21H,1-2,5-10,12H2,(H,22,25). The predicted molar refractivity (Wildman–Crippen MR) is 106 cm³/mol. The lowest BCUT2D eigenvalue weighted by atomic mass is 9.84. The molecular weight excluding hydrogens is 344 g/mol. The zero-order valence-corrected chi connectivity index (χ0v) is 15.9. The SMILES string of the molecule is O=C(Nc1ccc2nc(C3CC3)sc2c1)N1CCC(C2CCNC2)CC1. The summed E-state index contributed by atoms with van der Waals surface area (Å²) in [4.78, 5) is 19.3. The number of anilines is 1. The number of thiazole rings is 1. The zero-order chi connectivity index (χ0) is 17.5. The second-order valence-electron chi connectivity index (χ2n) is 8.02. The van der Waals surface area contributed by atoms with Gasteiger partial charge in [0.25, 0.3) is 0 Å². The molecule has 26 heavy (non-hydrogen) atoms. The van der Waals surface area contributed by atoms with Crippen LogP contribution in [0, 0.1) is 11.8 Å². The summed E-state index contributed by atoms with van der Waals surface area (Å²) in [5, 5.41) is 7.82. The fourth-order valence-electron chi connectivity index (χ4n) is 4.38. The molecule has 1 atom stereocenters. The van der Waals surface area contributed by atoms with Gasteiger partial charge in [0.1, 0.15) is 0 Å². The van der Waals surface area contributed by atoms with Gasteiger partial charge in [0.2, 0.25) is 0 Å². The van der Waals surface area contributed by atoms with Crippen LogP contribution in [0.3, 0.4) is 0 Å². The first-order valence-corrected chi connectivity index (χ1v) is 10.7. The zero-order valence-electron chi connectivity index (χ0n) is 15.0. The van der Waals surface area contributed by atoms with E-state index in [9.17, 15) is 4.79 Å². The fraction of sp³-hybridized carbons (Fsp3) is 0.600. The first-order chi connectivity index (χ1) is 12.8. The molecule has 2 aliphatic heterocycles. The Bertz CT molecular complexity index is 801. The average molecular weight is 371 g/mol. The van der Waals surface area contributed by atoms with Gasteiger partial charge in [0.15, 0.2) is 0 Å². The molecule has 0 radical (unpaired) electrons. The van der Waals surface area contributed by atoms with Crippen LogP contribution >= 0.6 is 11.3 Å². The first-order valence-electron chi connectivity index (χ1n) is 9.93. The number of carbonyl (C=O) groups is 1. The quantitative estimate of drug-likeness (QED) is 0.858. The summed E-state index contributed by atoms with van der Waals surface area (Å²) in [7, 11) is 0. The molecular formula is C20H26N4OS. The normalized spacial score (nSPS) is 24.3. The van der Waals surface area contributed by atoms with E-state index in [0.29, 0.717) is 5.92 Å². The van der Waals surface area contributed by atoms with Crippen molar-refractivity contribution in [3.05, 3.63) is 23.2 Å². The lowest BCUT2D eigenvalue weighted by Crippen LogP contribution is -2.42. The molecule has 5 nitrogen and oxygen atoms in total. The van der Waals surface area contributed by atoms with Crippen molar-refractivity contribution in [3.8, 4) is 0 Å². The number of hydrogen-bond acceptors (Lipinski definition) is 4. The van der Waals surface area contributed by atoms with Crippen molar-refractivity contribution in [1.82, 2.24) is 15.2 Å². The smallest absolute Gasteiger partial charge is 0.321 e. The third-order valence-electron chi connectivity index (χ3n) is 6.17. The number of urea groups is 1. The molecule has 1 aliphatic carbocycles. The van der Waals surface area contributed by atoms with E-state index in [0.717, 1.165) is 62.1 Å². The van der Waals surface area contributed by atoms with Crippen LogP contribution in [0.5, 0.6) is 0 Å². The minimum Gasteiger partial charge on any atom is -0.325 e. The number of carbonyl (C=O) groups excluding carboxylic acids is 1. The van der Waals surface area contributed by atoms with Crippen molar-refractivity contribution in [2.45, 2.75) is 38.0 Å². The Balaban J connectivity index is 1.20. The van der Waals surface area contributed by atoms with Gasteiger partial charge in [0.05, 0.1) is 15.2 Å². The van der Waals surface area contributed by atoms with Gasteiger partial charge in [-0.05, 0) is 75.2 Å². The predicted octanol–water partition coefficient (Wildman–Crippen LogP) is 4.03. The molecule has 1 unspecified atom stereocenters. The van der Waals surface area contributed by atoms with E-state index >= 15 is 0 Å². The van der Waals surface area contributed by atoms with E-state index in [1.807, 2.05) is 17.0 Å². The largest absolute Gasteiger partial charge is 0.325 e. The van der Waals surface area contributed by atoms with Crippen molar-refractivity contribution >= 4 is 33.3 Å². The van der Waals surface area contributed by atoms with Crippen LogP contribution in [0.25, 0.3) is 10.2 Å². The highest BCUT2D eigenvalue weighted by atomic mass is 32.1. The summed E-state index contributed by atoms with van der Waals surface area (Å²) in [6.07, 6.45) is 6.12. The Morgan fingerprint density at radius 1 is 1.15 bits per heavy atom. The monoisotopic (exact) mass is 370 g/mol. The van der Waals surface area contributed by atoms with Crippen molar-refractivity contribution < 1.29 is 4.79 Å². The molecule has 5 rings (SSSR count). The Hall–Kier alpha value is -1.66. The molecule has 3 heterocycles. The Morgan fingerprint density at radius 3 is 2.73 bits per heavy atom. The molecule has 0 spiro atoms. The third kappa shape index (κ3) is 3.32. The van der Waals surface area contributed by atoms with Crippen molar-refractivity contribution in [1.29, 1.82) is 0 Å². The highest BCUT2D eigenvalue weighted by Crippen LogP contribution is 2.43. The van der Waals surface area contributed by atoms with Gasteiger partial charge in [-0.15, -0.1) is 11.3 Å². The molecule has 2 aromatic rings. The molecule has 2 amide bonds. The molecule has 0 bridgehead atoms. The van der Waals surface area contributed by atoms with E-state index in [1.165, 1.54) is 29.0 Å². The molecule has 1 saturated carbocycles. The maximum Gasteiger partial charge on any atom is 0.321 e. The first kappa shape index (κ1) is 16.5. The van der Waals surface area contributed by atoms with Gasteiger partial charge >= 0.3 is 6.03 Å². The van der Waals surface area contributed by atoms with Gasteiger partial charge in [-0.1, -0.05) is 0 Å². The topological polar surface area (TPSA) is 57.3 Å². The Morgan fingerprint density at radius 2 is 2.00 bits per heavy atom. The Labute approximate surface area is 158 Å². The van der Waals surface area contributed by atoms with Crippen LogP contribution in [-0.2, 0) is 0 Å². The minimum absolute atomic E-state index is 0.0410. The van der Waals surface area contributed by atoms with Crippen LogP contribution < -0.4 is 10.6 Å². The molecule has 138 valence electrons. The summed E-state index contributed by atoms with van der Waals surface area (Å²) in [5.41, 5.74) is 1.94. The number of nitrogens with one attached hydrogen (secondary N) is 2. The van der Waals surface area contributed by atoms with Gasteiger partial charge in [-0.2, -0.15) is 0 Å². The molecule has 1 aromatic carbocycles. The van der Waals surface area contributed by atoms with Crippen molar-refractivity contribution in [2.75, 3.05) is 31.5 Å². The number of likely N-dealkylation sites (tertiary alicyclic amines) is 1. The molecule has 3 aliphatic rings. The van der Waals surface area contributed by atoms with Crippen LogP contribution in [-0.4, -0.2) is 42.1 Å². The second-order valence-corrected chi connectivity index (χ2v) is 9.08. The maximum atomic E-state index is 12.6. The van der Waals surface area contributed by atoms with Crippen molar-refractivity contribution in [3.63, 3.8) is 0 Å². The number of rotatable bonds is 3. The molecule has 6 heteroatoms. The van der Waals surface area contributed by atoms with E-state index in [4.69, 9.17) is 4.98 Å². The van der Waals surface area contributed by atoms with Gasteiger partial charge in [-0.25, -0.2) is 9.78 Å². The van der Waals surface area contributed by atoms with E-state index in [-0.39, 0.29) is 6.03 Å². The molecule has 2 N–H and O–H groups in total. The lowest BCUT2D eigenvalue weighted by molar-refractivity contribution is 0.163. The number of aromatic nitrogens is 1. The van der Waals surface area contributed by atoms with Crippen molar-refractivity contribution in [2.24, 2.45) is 11.8 Å². The van der Waals surface area contributed by atoms with E-state index < -0.39 is 0 Å². The second kappa shape index (κ2) is 6.82. The summed E-state index contributed by atoms with van der Waals surface area (Å²) in [6.45, 7) is 4.08. The number of fused-ring (bicyclic) bond motifs is 1. The molecule has 2 saturated heterocycles. The van der Waals surface area contributed by atoms with Gasteiger partial charge in [0, 0.05) is 24.7 Å². The van der Waals surface area contributed by atoms with E-state index in [2.05, 4.69) is 16.7 Å². The Kier molecular flexibility index (Phi) is 4.33. The summed E-state index contributed by atoms with van der Waals surface area (Å²) in [6, 6.07) is 6.13. The number of nitrogens with zero attached hydrogens (tertiary/aromatic N) is 2.